The van der Waals surface area contributed by atoms with Crippen molar-refractivity contribution in [3.63, 3.8) is 0 Å². The first kappa shape index (κ1) is 18.0. The summed E-state index contributed by atoms with van der Waals surface area (Å²) in [5.74, 6) is 0.963. The van der Waals surface area contributed by atoms with Gasteiger partial charge in [-0.25, -0.2) is 0 Å². The van der Waals surface area contributed by atoms with Crippen molar-refractivity contribution in [2.45, 2.75) is 25.7 Å². The molecule has 1 aliphatic carbocycles. The third-order valence-electron chi connectivity index (χ3n) is 6.04. The highest BCUT2D eigenvalue weighted by Crippen LogP contribution is 2.38. The predicted molar refractivity (Wildman–Crippen MR) is 116 cm³/mol. The Hall–Kier alpha value is -3.08. The van der Waals surface area contributed by atoms with Crippen LogP contribution in [-0.2, 0) is 17.6 Å². The highest BCUT2D eigenvalue weighted by Gasteiger charge is 2.29. The van der Waals surface area contributed by atoms with Gasteiger partial charge in [-0.15, -0.1) is 0 Å². The SMILES string of the molecule is COc1ccc2nc3c(c(N4CCN(c5ccccc5)C(=O)C4)c2c1)CCCC3. The monoisotopic (exact) mass is 387 g/mol. The second-order valence-electron chi connectivity index (χ2n) is 7.78. The number of carbonyl (C=O) groups excluding carboxylic acids is 1. The number of hydrogen-bond acceptors (Lipinski definition) is 4. The Morgan fingerprint density at radius 2 is 1.83 bits per heavy atom. The number of benzene rings is 2. The van der Waals surface area contributed by atoms with Crippen molar-refractivity contribution in [2.75, 3.05) is 36.5 Å². The first-order valence-corrected chi connectivity index (χ1v) is 10.3. The summed E-state index contributed by atoms with van der Waals surface area (Å²) >= 11 is 0. The zero-order chi connectivity index (χ0) is 19.8. The molecule has 1 amide bonds. The van der Waals surface area contributed by atoms with Crippen molar-refractivity contribution >= 4 is 28.2 Å². The molecule has 2 heterocycles. The van der Waals surface area contributed by atoms with Crippen LogP contribution in [0.15, 0.2) is 48.5 Å². The van der Waals surface area contributed by atoms with E-state index in [0.29, 0.717) is 13.1 Å². The number of ether oxygens (including phenoxy) is 1. The van der Waals surface area contributed by atoms with Gasteiger partial charge in [-0.2, -0.15) is 0 Å². The molecule has 3 aromatic rings. The molecule has 0 radical (unpaired) electrons. The third-order valence-corrected chi connectivity index (χ3v) is 6.04. The predicted octanol–water partition coefficient (Wildman–Crippen LogP) is 3.98. The normalized spacial score (nSPS) is 16.8. The lowest BCUT2D eigenvalue weighted by Crippen LogP contribution is -2.51. The van der Waals surface area contributed by atoms with Gasteiger partial charge in [0, 0.05) is 29.9 Å². The first-order chi connectivity index (χ1) is 14.2. The minimum atomic E-state index is 0.139. The lowest BCUT2D eigenvalue weighted by Gasteiger charge is -2.38. The van der Waals surface area contributed by atoms with Crippen LogP contribution in [0.4, 0.5) is 11.4 Å². The van der Waals surface area contributed by atoms with Crippen LogP contribution in [-0.4, -0.2) is 37.6 Å². The molecule has 0 unspecified atom stereocenters. The summed E-state index contributed by atoms with van der Waals surface area (Å²) in [5.41, 5.74) is 5.66. The zero-order valence-corrected chi connectivity index (χ0v) is 16.7. The van der Waals surface area contributed by atoms with Crippen molar-refractivity contribution in [1.82, 2.24) is 4.98 Å². The van der Waals surface area contributed by atoms with Gasteiger partial charge in [-0.1, -0.05) is 18.2 Å². The molecule has 0 saturated carbocycles. The number of hydrogen-bond donors (Lipinski definition) is 0. The van der Waals surface area contributed by atoms with Crippen LogP contribution in [0.1, 0.15) is 24.1 Å². The number of para-hydroxylation sites is 1. The van der Waals surface area contributed by atoms with E-state index in [1.807, 2.05) is 47.4 Å². The largest absolute Gasteiger partial charge is 0.497 e. The Kier molecular flexibility index (Phi) is 4.58. The minimum absolute atomic E-state index is 0.139. The number of fused-ring (bicyclic) bond motifs is 2. The van der Waals surface area contributed by atoms with E-state index in [1.165, 1.54) is 29.8 Å². The Balaban J connectivity index is 1.57. The second kappa shape index (κ2) is 7.39. The van der Waals surface area contributed by atoms with Crippen LogP contribution in [0, 0.1) is 0 Å². The number of methoxy groups -OCH3 is 1. The Labute approximate surface area is 170 Å². The van der Waals surface area contributed by atoms with Crippen LogP contribution in [0.5, 0.6) is 5.75 Å². The van der Waals surface area contributed by atoms with Gasteiger partial charge in [0.1, 0.15) is 5.75 Å². The number of pyridine rings is 1. The van der Waals surface area contributed by atoms with Gasteiger partial charge < -0.3 is 14.5 Å². The molecule has 148 valence electrons. The van der Waals surface area contributed by atoms with Crippen LogP contribution in [0.3, 0.4) is 0 Å². The second-order valence-corrected chi connectivity index (χ2v) is 7.78. The molecule has 2 aromatic carbocycles. The van der Waals surface area contributed by atoms with Crippen LogP contribution < -0.4 is 14.5 Å². The molecule has 0 atom stereocenters. The van der Waals surface area contributed by atoms with E-state index < -0.39 is 0 Å². The molecule has 5 nitrogen and oxygen atoms in total. The maximum absolute atomic E-state index is 13.0. The zero-order valence-electron chi connectivity index (χ0n) is 16.7. The highest BCUT2D eigenvalue weighted by atomic mass is 16.5. The molecule has 0 N–H and O–H groups in total. The van der Waals surface area contributed by atoms with E-state index in [-0.39, 0.29) is 5.91 Å². The van der Waals surface area contributed by atoms with E-state index in [2.05, 4.69) is 11.0 Å². The van der Waals surface area contributed by atoms with Gasteiger partial charge in [0.15, 0.2) is 0 Å². The van der Waals surface area contributed by atoms with Crippen LogP contribution in [0.25, 0.3) is 10.9 Å². The fourth-order valence-corrected chi connectivity index (χ4v) is 4.61. The molecule has 0 spiro atoms. The topological polar surface area (TPSA) is 45.7 Å². The Morgan fingerprint density at radius 1 is 1.00 bits per heavy atom. The fraction of sp³-hybridized carbons (Fsp3) is 0.333. The number of aromatic nitrogens is 1. The van der Waals surface area contributed by atoms with Crippen molar-refractivity contribution in [2.24, 2.45) is 0 Å². The molecular weight excluding hydrogens is 362 g/mol. The summed E-state index contributed by atoms with van der Waals surface area (Å²) in [7, 11) is 1.69. The number of aryl methyl sites for hydroxylation is 1. The smallest absolute Gasteiger partial charge is 0.246 e. The van der Waals surface area contributed by atoms with Crippen molar-refractivity contribution in [3.05, 3.63) is 59.8 Å². The molecular formula is C24H25N3O2. The first-order valence-electron chi connectivity index (χ1n) is 10.3. The summed E-state index contributed by atoms with van der Waals surface area (Å²) in [6, 6.07) is 16.0. The molecule has 1 aromatic heterocycles. The highest BCUT2D eigenvalue weighted by molar-refractivity contribution is 6.01. The van der Waals surface area contributed by atoms with Crippen molar-refractivity contribution in [3.8, 4) is 5.75 Å². The summed E-state index contributed by atoms with van der Waals surface area (Å²) in [6.07, 6.45) is 4.40. The van der Waals surface area contributed by atoms with Crippen LogP contribution in [0.2, 0.25) is 0 Å². The molecule has 5 heteroatoms. The number of amides is 1. The lowest BCUT2D eigenvalue weighted by atomic mass is 9.92. The van der Waals surface area contributed by atoms with E-state index >= 15 is 0 Å². The van der Waals surface area contributed by atoms with E-state index in [1.54, 1.807) is 7.11 Å². The van der Waals surface area contributed by atoms with E-state index in [4.69, 9.17) is 9.72 Å². The van der Waals surface area contributed by atoms with E-state index in [9.17, 15) is 4.79 Å². The van der Waals surface area contributed by atoms with Crippen LogP contribution >= 0.6 is 0 Å². The van der Waals surface area contributed by atoms with Gasteiger partial charge in [0.05, 0.1) is 24.9 Å². The molecule has 2 aliphatic rings. The maximum atomic E-state index is 13.0. The average Bonchev–Trinajstić information content (AvgIpc) is 2.77. The molecule has 5 rings (SSSR count). The Morgan fingerprint density at radius 3 is 2.62 bits per heavy atom. The van der Waals surface area contributed by atoms with Crippen molar-refractivity contribution in [1.29, 1.82) is 0 Å². The van der Waals surface area contributed by atoms with E-state index in [0.717, 1.165) is 41.7 Å². The summed E-state index contributed by atoms with van der Waals surface area (Å²) in [6.45, 7) is 1.88. The standard InChI is InChI=1S/C24H25N3O2/c1-29-18-11-12-22-20(15-18)24(19-9-5-6-10-21(19)25-22)26-13-14-27(23(28)16-26)17-7-3-2-4-8-17/h2-4,7-8,11-12,15H,5-6,9-10,13-14,16H2,1H3. The third kappa shape index (κ3) is 3.20. The summed E-state index contributed by atoms with van der Waals surface area (Å²) in [4.78, 5) is 22.2. The number of carbonyl (C=O) groups is 1. The van der Waals surface area contributed by atoms with Gasteiger partial charge in [0.25, 0.3) is 0 Å². The number of piperazine rings is 1. The van der Waals surface area contributed by atoms with Gasteiger partial charge >= 0.3 is 0 Å². The molecule has 1 fully saturated rings. The van der Waals surface area contributed by atoms with Gasteiger partial charge in [0.2, 0.25) is 5.91 Å². The molecule has 1 saturated heterocycles. The van der Waals surface area contributed by atoms with Gasteiger partial charge in [-0.05, 0) is 61.6 Å². The quantitative estimate of drug-likeness (QED) is 0.682. The number of anilines is 2. The molecule has 1 aliphatic heterocycles. The summed E-state index contributed by atoms with van der Waals surface area (Å²) < 4.78 is 5.48. The average molecular weight is 387 g/mol. The van der Waals surface area contributed by atoms with Crippen molar-refractivity contribution < 1.29 is 9.53 Å². The van der Waals surface area contributed by atoms with Gasteiger partial charge in [-0.3, -0.25) is 9.78 Å². The lowest BCUT2D eigenvalue weighted by molar-refractivity contribution is -0.117. The Bertz CT molecular complexity index is 1060. The number of nitrogens with zero attached hydrogens (tertiary/aromatic N) is 3. The fourth-order valence-electron chi connectivity index (χ4n) is 4.61. The maximum Gasteiger partial charge on any atom is 0.246 e. The molecule has 0 bridgehead atoms. The molecule has 29 heavy (non-hydrogen) atoms. The summed E-state index contributed by atoms with van der Waals surface area (Å²) in [5, 5.41) is 1.09. The number of rotatable bonds is 3. The minimum Gasteiger partial charge on any atom is -0.497 e.